The highest BCUT2D eigenvalue weighted by atomic mass is 19.3. The normalized spacial score (nSPS) is 17.1. The van der Waals surface area contributed by atoms with Crippen LogP contribution in [0.3, 0.4) is 0 Å². The molecule has 0 aliphatic carbocycles. The largest absolute Gasteiger partial charge is 0.502 e. The molecule has 0 saturated carbocycles. The third kappa shape index (κ3) is 5.54. The molecule has 0 spiro atoms. The summed E-state index contributed by atoms with van der Waals surface area (Å²) in [7, 11) is 0. The molecule has 2 N–H and O–H groups in total. The van der Waals surface area contributed by atoms with Crippen molar-refractivity contribution in [1.82, 2.24) is 4.90 Å². The average Bonchev–Trinajstić information content (AvgIpc) is 2.73. The second-order valence-corrected chi connectivity index (χ2v) is 7.24. The summed E-state index contributed by atoms with van der Waals surface area (Å²) in [6, 6.07) is 6.94. The van der Waals surface area contributed by atoms with Gasteiger partial charge in [0.1, 0.15) is 0 Å². The summed E-state index contributed by atoms with van der Waals surface area (Å²) in [5.74, 6) is -1.65. The standard InChI is InChI=1S/C21H17F2N3O7/c22-20(23)11-24-9-14(5-12-1-3-18(27)16(7-12)25(30)31)21(29)15(10-24)6-13-2-4-19(28)17(8-13)26(32)33/h1-8,20,27-28H,9-11H2/b14-5-,15-6-. The zero-order valence-electron chi connectivity index (χ0n) is 16.9. The number of piperidine rings is 1. The molecule has 2 aromatic rings. The molecule has 12 heteroatoms. The molecule has 0 atom stereocenters. The number of carbonyl (C=O) groups excluding carboxylic acids is 1. The van der Waals surface area contributed by atoms with Gasteiger partial charge in [0.2, 0.25) is 0 Å². The Morgan fingerprint density at radius 2 is 1.33 bits per heavy atom. The third-order valence-corrected chi connectivity index (χ3v) is 4.84. The van der Waals surface area contributed by atoms with E-state index < -0.39 is 51.5 Å². The van der Waals surface area contributed by atoms with Gasteiger partial charge in [0.25, 0.3) is 6.43 Å². The molecule has 0 amide bonds. The summed E-state index contributed by atoms with van der Waals surface area (Å²) in [6.45, 7) is -0.941. The minimum Gasteiger partial charge on any atom is -0.502 e. The number of phenols is 2. The van der Waals surface area contributed by atoms with Gasteiger partial charge in [-0.25, -0.2) is 8.78 Å². The zero-order chi connectivity index (χ0) is 24.3. The van der Waals surface area contributed by atoms with E-state index in [0.29, 0.717) is 0 Å². The van der Waals surface area contributed by atoms with Gasteiger partial charge >= 0.3 is 11.4 Å². The molecular formula is C21H17F2N3O7. The van der Waals surface area contributed by atoms with Gasteiger partial charge in [0.05, 0.1) is 16.4 Å². The van der Waals surface area contributed by atoms with Crippen molar-refractivity contribution in [2.24, 2.45) is 0 Å². The quantitative estimate of drug-likeness (QED) is 0.377. The zero-order valence-corrected chi connectivity index (χ0v) is 16.9. The highest BCUT2D eigenvalue weighted by molar-refractivity contribution is 6.14. The second kappa shape index (κ2) is 9.53. The van der Waals surface area contributed by atoms with E-state index in [9.17, 15) is 44.0 Å². The number of benzene rings is 2. The molecule has 3 rings (SSSR count). The van der Waals surface area contributed by atoms with E-state index >= 15 is 0 Å². The first-order valence-electron chi connectivity index (χ1n) is 9.46. The molecule has 1 heterocycles. The van der Waals surface area contributed by atoms with Crippen LogP contribution in [-0.4, -0.2) is 56.8 Å². The fourth-order valence-corrected chi connectivity index (χ4v) is 3.39. The van der Waals surface area contributed by atoms with Gasteiger partial charge < -0.3 is 10.2 Å². The smallest absolute Gasteiger partial charge is 0.311 e. The van der Waals surface area contributed by atoms with E-state index in [-0.39, 0.29) is 35.4 Å². The number of phenolic OH excluding ortho intramolecular Hbond substituents is 2. The van der Waals surface area contributed by atoms with Crippen molar-refractivity contribution in [3.05, 3.63) is 78.9 Å². The van der Waals surface area contributed by atoms with Crippen molar-refractivity contribution in [2.45, 2.75) is 6.43 Å². The molecule has 1 aliphatic rings. The number of nitro groups is 2. The summed E-state index contributed by atoms with van der Waals surface area (Å²) >= 11 is 0. The number of likely N-dealkylation sites (tertiary alicyclic amines) is 1. The number of Topliss-reactive ketones (excluding diaryl/α,β-unsaturated/α-hetero) is 1. The van der Waals surface area contributed by atoms with E-state index in [2.05, 4.69) is 0 Å². The fraction of sp³-hybridized carbons (Fsp3) is 0.190. The summed E-state index contributed by atoms with van der Waals surface area (Å²) in [5, 5.41) is 41.3. The minimum absolute atomic E-state index is 0.0708. The Morgan fingerprint density at radius 1 is 0.909 bits per heavy atom. The van der Waals surface area contributed by atoms with E-state index in [0.717, 1.165) is 24.3 Å². The van der Waals surface area contributed by atoms with Gasteiger partial charge in [-0.2, -0.15) is 0 Å². The number of ketones is 1. The van der Waals surface area contributed by atoms with E-state index in [1.807, 2.05) is 0 Å². The van der Waals surface area contributed by atoms with Crippen molar-refractivity contribution < 1.29 is 33.6 Å². The molecular weight excluding hydrogens is 444 g/mol. The maximum atomic E-state index is 13.0. The van der Waals surface area contributed by atoms with Crippen LogP contribution in [0.15, 0.2) is 47.5 Å². The first kappa shape index (κ1) is 23.5. The van der Waals surface area contributed by atoms with Crippen LogP contribution in [0.2, 0.25) is 0 Å². The molecule has 10 nitrogen and oxygen atoms in total. The minimum atomic E-state index is -2.69. The van der Waals surface area contributed by atoms with Crippen LogP contribution in [0.4, 0.5) is 20.2 Å². The Balaban J connectivity index is 2.03. The lowest BCUT2D eigenvalue weighted by Gasteiger charge is -2.29. The molecule has 1 aliphatic heterocycles. The number of nitrogens with zero attached hydrogens (tertiary/aromatic N) is 3. The lowest BCUT2D eigenvalue weighted by atomic mass is 9.94. The Hall–Kier alpha value is -4.19. The third-order valence-electron chi connectivity index (χ3n) is 4.84. The molecule has 1 fully saturated rings. The van der Waals surface area contributed by atoms with Crippen LogP contribution < -0.4 is 0 Å². The highest BCUT2D eigenvalue weighted by Crippen LogP contribution is 2.30. The molecule has 172 valence electrons. The van der Waals surface area contributed by atoms with Gasteiger partial charge in [-0.15, -0.1) is 0 Å². The summed E-state index contributed by atoms with van der Waals surface area (Å²) in [4.78, 5) is 34.8. The van der Waals surface area contributed by atoms with Crippen molar-refractivity contribution in [3.8, 4) is 11.5 Å². The number of carbonyl (C=O) groups is 1. The van der Waals surface area contributed by atoms with Crippen molar-refractivity contribution >= 4 is 29.3 Å². The molecule has 33 heavy (non-hydrogen) atoms. The Morgan fingerprint density at radius 3 is 1.70 bits per heavy atom. The number of hydrogen-bond acceptors (Lipinski definition) is 8. The first-order valence-corrected chi connectivity index (χ1v) is 9.46. The molecule has 0 aromatic heterocycles. The van der Waals surface area contributed by atoms with Crippen molar-refractivity contribution in [1.29, 1.82) is 0 Å². The van der Waals surface area contributed by atoms with Crippen LogP contribution in [0.1, 0.15) is 11.1 Å². The summed E-state index contributed by atoms with van der Waals surface area (Å²) < 4.78 is 26.1. The number of hydrogen-bond donors (Lipinski definition) is 2. The molecule has 0 radical (unpaired) electrons. The summed E-state index contributed by atoms with van der Waals surface area (Å²) in [6.07, 6.45) is -0.0795. The summed E-state index contributed by atoms with van der Waals surface area (Å²) in [5.41, 5.74) is -0.598. The fourth-order valence-electron chi connectivity index (χ4n) is 3.39. The number of halogens is 2. The molecule has 0 bridgehead atoms. The van der Waals surface area contributed by atoms with Crippen LogP contribution in [0, 0.1) is 20.2 Å². The van der Waals surface area contributed by atoms with Crippen LogP contribution in [-0.2, 0) is 4.79 Å². The Labute approximate surface area is 185 Å². The number of alkyl halides is 2. The Kier molecular flexibility index (Phi) is 6.78. The monoisotopic (exact) mass is 461 g/mol. The first-order chi connectivity index (χ1) is 15.5. The van der Waals surface area contributed by atoms with E-state index in [1.165, 1.54) is 29.2 Å². The lowest BCUT2D eigenvalue weighted by Crippen LogP contribution is -2.40. The Bertz CT molecular complexity index is 1110. The van der Waals surface area contributed by atoms with Gasteiger partial charge in [-0.05, 0) is 35.4 Å². The van der Waals surface area contributed by atoms with Crippen molar-refractivity contribution in [2.75, 3.05) is 19.6 Å². The average molecular weight is 461 g/mol. The van der Waals surface area contributed by atoms with E-state index in [4.69, 9.17) is 0 Å². The predicted molar refractivity (Wildman–Crippen MR) is 113 cm³/mol. The number of aromatic hydroxyl groups is 2. The van der Waals surface area contributed by atoms with Gasteiger partial charge in [-0.3, -0.25) is 29.9 Å². The van der Waals surface area contributed by atoms with Gasteiger partial charge in [0.15, 0.2) is 17.3 Å². The molecule has 0 unspecified atom stereocenters. The van der Waals surface area contributed by atoms with Crippen LogP contribution in [0.5, 0.6) is 11.5 Å². The number of rotatable bonds is 6. The SMILES string of the molecule is O=C1/C(=C\c2ccc(O)c([N+](=O)[O-])c2)CN(CC(F)F)C/C1=C/c1ccc(O)c([N+](=O)[O-])c1. The number of nitro benzene ring substituents is 2. The van der Waals surface area contributed by atoms with Gasteiger partial charge in [-0.1, -0.05) is 12.1 Å². The van der Waals surface area contributed by atoms with Crippen molar-refractivity contribution in [3.63, 3.8) is 0 Å². The lowest BCUT2D eigenvalue weighted by molar-refractivity contribution is -0.386. The van der Waals surface area contributed by atoms with Crippen LogP contribution >= 0.6 is 0 Å². The van der Waals surface area contributed by atoms with Crippen LogP contribution in [0.25, 0.3) is 12.2 Å². The maximum absolute atomic E-state index is 13.0. The molecule has 1 saturated heterocycles. The molecule has 2 aromatic carbocycles. The maximum Gasteiger partial charge on any atom is 0.311 e. The van der Waals surface area contributed by atoms with Gasteiger partial charge in [0, 0.05) is 36.4 Å². The predicted octanol–water partition coefficient (Wildman–Crippen LogP) is 3.53. The topological polar surface area (TPSA) is 147 Å². The second-order valence-electron chi connectivity index (χ2n) is 7.24. The van der Waals surface area contributed by atoms with E-state index in [1.54, 1.807) is 0 Å². The highest BCUT2D eigenvalue weighted by Gasteiger charge is 2.28.